The van der Waals surface area contributed by atoms with Crippen molar-refractivity contribution in [3.63, 3.8) is 0 Å². The lowest BCUT2D eigenvalue weighted by molar-refractivity contribution is -0.115. The lowest BCUT2D eigenvalue weighted by Gasteiger charge is -2.10. The summed E-state index contributed by atoms with van der Waals surface area (Å²) in [6.45, 7) is 0.460. The molecule has 1 heterocycles. The minimum atomic E-state index is -0.138. The van der Waals surface area contributed by atoms with E-state index in [1.807, 2.05) is 5.38 Å². The lowest BCUT2D eigenvalue weighted by Crippen LogP contribution is -2.14. The highest BCUT2D eigenvalue weighted by atomic mass is 32.1. The standard InChI is InChI=1S/C15H18N2O4S/c1-19-8-15-17-11(9-22-15)7-14(18)16-10-4-5-12(20-2)13(6-10)21-3/h4-6,9H,7-8H2,1-3H3,(H,16,18). The van der Waals surface area contributed by atoms with Crippen LogP contribution in [0.2, 0.25) is 0 Å². The van der Waals surface area contributed by atoms with E-state index in [1.54, 1.807) is 39.5 Å². The number of thiazole rings is 1. The fraction of sp³-hybridized carbons (Fsp3) is 0.333. The van der Waals surface area contributed by atoms with Gasteiger partial charge in [-0.2, -0.15) is 0 Å². The van der Waals surface area contributed by atoms with Gasteiger partial charge in [-0.1, -0.05) is 0 Å². The molecule has 1 N–H and O–H groups in total. The molecule has 0 radical (unpaired) electrons. The minimum absolute atomic E-state index is 0.138. The smallest absolute Gasteiger partial charge is 0.230 e. The van der Waals surface area contributed by atoms with Crippen molar-refractivity contribution in [2.45, 2.75) is 13.0 Å². The van der Waals surface area contributed by atoms with Crippen LogP contribution in [0.1, 0.15) is 10.7 Å². The van der Waals surface area contributed by atoms with Gasteiger partial charge in [-0.15, -0.1) is 11.3 Å². The molecule has 1 amide bonds. The van der Waals surface area contributed by atoms with Gasteiger partial charge < -0.3 is 19.5 Å². The van der Waals surface area contributed by atoms with Crippen LogP contribution in [0.25, 0.3) is 0 Å². The fourth-order valence-corrected chi connectivity index (χ4v) is 2.67. The number of benzene rings is 1. The van der Waals surface area contributed by atoms with Crippen LogP contribution in [0.4, 0.5) is 5.69 Å². The molecule has 0 aliphatic carbocycles. The Bertz CT molecular complexity index is 642. The van der Waals surface area contributed by atoms with Crippen LogP contribution in [0.3, 0.4) is 0 Å². The molecule has 0 spiro atoms. The molecule has 22 heavy (non-hydrogen) atoms. The maximum absolute atomic E-state index is 12.1. The van der Waals surface area contributed by atoms with Gasteiger partial charge in [-0.05, 0) is 12.1 Å². The van der Waals surface area contributed by atoms with Crippen LogP contribution in [0, 0.1) is 0 Å². The number of rotatable bonds is 7. The molecule has 0 unspecified atom stereocenters. The van der Waals surface area contributed by atoms with E-state index >= 15 is 0 Å². The van der Waals surface area contributed by atoms with E-state index in [1.165, 1.54) is 11.3 Å². The van der Waals surface area contributed by atoms with Gasteiger partial charge in [0, 0.05) is 24.2 Å². The van der Waals surface area contributed by atoms with E-state index in [0.29, 0.717) is 23.8 Å². The van der Waals surface area contributed by atoms with Crippen molar-refractivity contribution in [1.29, 1.82) is 0 Å². The summed E-state index contributed by atoms with van der Waals surface area (Å²) in [7, 11) is 4.73. The maximum atomic E-state index is 12.1. The van der Waals surface area contributed by atoms with Gasteiger partial charge in [0.05, 0.1) is 32.9 Å². The van der Waals surface area contributed by atoms with Crippen molar-refractivity contribution in [3.05, 3.63) is 34.3 Å². The highest BCUT2D eigenvalue weighted by molar-refractivity contribution is 7.09. The Labute approximate surface area is 133 Å². The van der Waals surface area contributed by atoms with Crippen LogP contribution < -0.4 is 14.8 Å². The first-order valence-electron chi connectivity index (χ1n) is 6.60. The Morgan fingerprint density at radius 2 is 2.00 bits per heavy atom. The summed E-state index contributed by atoms with van der Waals surface area (Å²) in [6.07, 6.45) is 0.217. The van der Waals surface area contributed by atoms with E-state index in [-0.39, 0.29) is 12.3 Å². The number of nitrogens with one attached hydrogen (secondary N) is 1. The summed E-state index contributed by atoms with van der Waals surface area (Å²) >= 11 is 1.48. The zero-order valence-electron chi connectivity index (χ0n) is 12.7. The number of amides is 1. The summed E-state index contributed by atoms with van der Waals surface area (Å²) in [5.41, 5.74) is 1.38. The van der Waals surface area contributed by atoms with Crippen LogP contribution in [0.5, 0.6) is 11.5 Å². The molecule has 118 valence electrons. The fourth-order valence-electron chi connectivity index (χ4n) is 1.90. The van der Waals surface area contributed by atoms with Gasteiger partial charge in [0.15, 0.2) is 11.5 Å². The molecule has 0 saturated carbocycles. The Morgan fingerprint density at radius 1 is 1.23 bits per heavy atom. The Hall–Kier alpha value is -2.12. The molecular weight excluding hydrogens is 304 g/mol. The monoisotopic (exact) mass is 322 g/mol. The Balaban J connectivity index is 1.99. The van der Waals surface area contributed by atoms with E-state index < -0.39 is 0 Å². The van der Waals surface area contributed by atoms with Crippen LogP contribution in [-0.2, 0) is 22.6 Å². The molecule has 0 bridgehead atoms. The third-order valence-electron chi connectivity index (χ3n) is 2.88. The number of ether oxygens (including phenoxy) is 3. The number of methoxy groups -OCH3 is 3. The van der Waals surface area contributed by atoms with Crippen molar-refractivity contribution in [2.24, 2.45) is 0 Å². The van der Waals surface area contributed by atoms with Gasteiger partial charge in [0.1, 0.15) is 5.01 Å². The van der Waals surface area contributed by atoms with Crippen molar-refractivity contribution >= 4 is 22.9 Å². The van der Waals surface area contributed by atoms with Crippen LogP contribution in [0.15, 0.2) is 23.6 Å². The molecule has 1 aromatic carbocycles. The van der Waals surface area contributed by atoms with Crippen LogP contribution >= 0.6 is 11.3 Å². The molecular formula is C15H18N2O4S. The maximum Gasteiger partial charge on any atom is 0.230 e. The van der Waals surface area contributed by atoms with Gasteiger partial charge in [0.2, 0.25) is 5.91 Å². The number of hydrogen-bond donors (Lipinski definition) is 1. The van der Waals surface area contributed by atoms with Gasteiger partial charge in [-0.25, -0.2) is 4.98 Å². The normalized spacial score (nSPS) is 10.3. The lowest BCUT2D eigenvalue weighted by atomic mass is 10.2. The van der Waals surface area contributed by atoms with Crippen molar-refractivity contribution < 1.29 is 19.0 Å². The SMILES string of the molecule is COCc1nc(CC(=O)Nc2ccc(OC)c(OC)c2)cs1. The minimum Gasteiger partial charge on any atom is -0.493 e. The molecule has 0 aliphatic heterocycles. The van der Waals surface area contributed by atoms with Gasteiger partial charge in [-0.3, -0.25) is 4.79 Å². The zero-order chi connectivity index (χ0) is 15.9. The van der Waals surface area contributed by atoms with Crippen molar-refractivity contribution in [1.82, 2.24) is 4.98 Å². The zero-order valence-corrected chi connectivity index (χ0v) is 13.5. The molecule has 2 rings (SSSR count). The molecule has 6 nitrogen and oxygen atoms in total. The van der Waals surface area contributed by atoms with Gasteiger partial charge in [0.25, 0.3) is 0 Å². The van der Waals surface area contributed by atoms with Crippen molar-refractivity contribution in [2.75, 3.05) is 26.6 Å². The summed E-state index contributed by atoms with van der Waals surface area (Å²) in [6, 6.07) is 5.22. The number of anilines is 1. The Kier molecular flexibility index (Phi) is 5.74. The van der Waals surface area contributed by atoms with E-state index in [4.69, 9.17) is 14.2 Å². The molecule has 0 atom stereocenters. The number of hydrogen-bond acceptors (Lipinski definition) is 6. The number of nitrogens with zero attached hydrogens (tertiary/aromatic N) is 1. The highest BCUT2D eigenvalue weighted by Gasteiger charge is 2.10. The predicted octanol–water partition coefficient (Wildman–Crippen LogP) is 2.49. The molecule has 1 aromatic heterocycles. The summed E-state index contributed by atoms with van der Waals surface area (Å²) in [5, 5.41) is 5.54. The third-order valence-corrected chi connectivity index (χ3v) is 3.75. The highest BCUT2D eigenvalue weighted by Crippen LogP contribution is 2.29. The quantitative estimate of drug-likeness (QED) is 0.848. The summed E-state index contributed by atoms with van der Waals surface area (Å²) < 4.78 is 15.4. The Morgan fingerprint density at radius 3 is 2.68 bits per heavy atom. The number of carbonyl (C=O) groups is 1. The molecule has 0 fully saturated rings. The van der Waals surface area contributed by atoms with Gasteiger partial charge >= 0.3 is 0 Å². The molecule has 0 saturated heterocycles. The number of carbonyl (C=O) groups excluding carboxylic acids is 1. The first kappa shape index (κ1) is 16.3. The largest absolute Gasteiger partial charge is 0.493 e. The second-order valence-electron chi connectivity index (χ2n) is 4.46. The second-order valence-corrected chi connectivity index (χ2v) is 5.40. The third kappa shape index (κ3) is 4.19. The van der Waals surface area contributed by atoms with E-state index in [2.05, 4.69) is 10.3 Å². The summed E-state index contributed by atoms with van der Waals surface area (Å²) in [5.74, 6) is 1.04. The summed E-state index contributed by atoms with van der Waals surface area (Å²) in [4.78, 5) is 16.4. The van der Waals surface area contributed by atoms with E-state index in [0.717, 1.165) is 10.7 Å². The van der Waals surface area contributed by atoms with E-state index in [9.17, 15) is 4.79 Å². The predicted molar refractivity (Wildman–Crippen MR) is 84.7 cm³/mol. The first-order chi connectivity index (χ1) is 10.7. The molecule has 0 aliphatic rings. The molecule has 2 aromatic rings. The first-order valence-corrected chi connectivity index (χ1v) is 7.48. The number of aromatic nitrogens is 1. The molecule has 7 heteroatoms. The second kappa shape index (κ2) is 7.77. The average Bonchev–Trinajstić information content (AvgIpc) is 2.94. The topological polar surface area (TPSA) is 69.7 Å². The van der Waals surface area contributed by atoms with Crippen LogP contribution in [-0.4, -0.2) is 32.2 Å². The average molecular weight is 322 g/mol. The van der Waals surface area contributed by atoms with Crippen molar-refractivity contribution in [3.8, 4) is 11.5 Å².